The van der Waals surface area contributed by atoms with Gasteiger partial charge in [0, 0.05) is 13.2 Å². The van der Waals surface area contributed by atoms with Crippen molar-refractivity contribution in [3.05, 3.63) is 11.7 Å². The molecule has 120 valence electrons. The average Bonchev–Trinajstić information content (AvgIpc) is 2.89. The van der Waals surface area contributed by atoms with Gasteiger partial charge in [-0.3, -0.25) is 0 Å². The van der Waals surface area contributed by atoms with E-state index in [1.165, 1.54) is 6.42 Å². The van der Waals surface area contributed by atoms with E-state index in [2.05, 4.69) is 30.9 Å². The van der Waals surface area contributed by atoms with E-state index >= 15 is 0 Å². The average molecular weight is 295 g/mol. The molecule has 2 N–H and O–H groups in total. The van der Waals surface area contributed by atoms with Gasteiger partial charge in [0.15, 0.2) is 0 Å². The molecule has 1 aromatic rings. The van der Waals surface area contributed by atoms with E-state index in [-0.39, 0.29) is 11.5 Å². The molecule has 5 heteroatoms. The lowest BCUT2D eigenvalue weighted by molar-refractivity contribution is -0.0891. The maximum Gasteiger partial charge on any atom is 0.231 e. The van der Waals surface area contributed by atoms with Gasteiger partial charge in [0.05, 0.1) is 5.92 Å². The van der Waals surface area contributed by atoms with Gasteiger partial charge in [-0.2, -0.15) is 4.98 Å². The van der Waals surface area contributed by atoms with Crippen molar-refractivity contribution in [3.8, 4) is 0 Å². The summed E-state index contributed by atoms with van der Waals surface area (Å²) < 4.78 is 11.6. The van der Waals surface area contributed by atoms with Gasteiger partial charge in [-0.05, 0) is 38.0 Å². The van der Waals surface area contributed by atoms with Crippen molar-refractivity contribution in [3.63, 3.8) is 0 Å². The third-order valence-electron chi connectivity index (χ3n) is 4.60. The minimum Gasteiger partial charge on any atom is -0.367 e. The highest BCUT2D eigenvalue weighted by Crippen LogP contribution is 2.42. The van der Waals surface area contributed by atoms with Crippen molar-refractivity contribution in [2.24, 2.45) is 17.6 Å². The molecular weight excluding hydrogens is 266 g/mol. The summed E-state index contributed by atoms with van der Waals surface area (Å²) in [6, 6.07) is 0. The maximum absolute atomic E-state index is 6.10. The van der Waals surface area contributed by atoms with Gasteiger partial charge >= 0.3 is 0 Å². The van der Waals surface area contributed by atoms with Crippen LogP contribution >= 0.6 is 0 Å². The van der Waals surface area contributed by atoms with Gasteiger partial charge in [0.2, 0.25) is 11.7 Å². The highest BCUT2D eigenvalue weighted by Gasteiger charge is 2.42. The van der Waals surface area contributed by atoms with Crippen LogP contribution in [0.5, 0.6) is 0 Å². The maximum atomic E-state index is 6.10. The standard InChI is InChI=1S/C16H29N3O2/c1-5-20-16(8-6-7-12(4)9-16)15-18-14(21-19-15)13(10-17)11(2)3/h11-13H,5-10,17H2,1-4H3. The summed E-state index contributed by atoms with van der Waals surface area (Å²) in [5, 5.41) is 4.25. The number of ether oxygens (including phenoxy) is 1. The van der Waals surface area contributed by atoms with Crippen LogP contribution in [-0.2, 0) is 10.3 Å². The second-order valence-electron chi connectivity index (χ2n) is 6.67. The molecule has 0 aliphatic heterocycles. The van der Waals surface area contributed by atoms with E-state index in [4.69, 9.17) is 15.0 Å². The zero-order valence-electron chi connectivity index (χ0n) is 13.8. The number of nitrogens with zero attached hydrogens (tertiary/aromatic N) is 2. The van der Waals surface area contributed by atoms with Crippen molar-refractivity contribution >= 4 is 0 Å². The molecule has 21 heavy (non-hydrogen) atoms. The van der Waals surface area contributed by atoms with Crippen LogP contribution in [0.1, 0.15) is 71.0 Å². The van der Waals surface area contributed by atoms with E-state index in [0.29, 0.717) is 36.7 Å². The van der Waals surface area contributed by atoms with Crippen molar-refractivity contribution in [2.45, 2.75) is 64.9 Å². The molecule has 3 unspecified atom stereocenters. The highest BCUT2D eigenvalue weighted by molar-refractivity contribution is 5.06. The van der Waals surface area contributed by atoms with Crippen LogP contribution in [0.2, 0.25) is 0 Å². The summed E-state index contributed by atoms with van der Waals surface area (Å²) in [6.07, 6.45) is 4.33. The fraction of sp³-hybridized carbons (Fsp3) is 0.875. The summed E-state index contributed by atoms with van der Waals surface area (Å²) in [5.41, 5.74) is 5.48. The quantitative estimate of drug-likeness (QED) is 0.872. The molecule has 1 aliphatic carbocycles. The molecule has 1 fully saturated rings. The fourth-order valence-electron chi connectivity index (χ4n) is 3.41. The van der Waals surface area contributed by atoms with Crippen LogP contribution in [0.3, 0.4) is 0 Å². The molecule has 0 bridgehead atoms. The molecule has 1 saturated carbocycles. The van der Waals surface area contributed by atoms with Gasteiger partial charge < -0.3 is 15.0 Å². The number of hydrogen-bond donors (Lipinski definition) is 1. The zero-order valence-corrected chi connectivity index (χ0v) is 13.8. The lowest BCUT2D eigenvalue weighted by Gasteiger charge is -2.37. The van der Waals surface area contributed by atoms with Gasteiger partial charge in [-0.25, -0.2) is 0 Å². The second kappa shape index (κ2) is 6.88. The summed E-state index contributed by atoms with van der Waals surface area (Å²) in [5.74, 6) is 2.50. The Labute approximate surface area is 127 Å². The molecule has 1 aliphatic rings. The zero-order chi connectivity index (χ0) is 15.5. The Balaban J connectivity index is 2.27. The van der Waals surface area contributed by atoms with Gasteiger partial charge in [-0.15, -0.1) is 0 Å². The Morgan fingerprint density at radius 2 is 2.24 bits per heavy atom. The topological polar surface area (TPSA) is 74.2 Å². The predicted molar refractivity (Wildman–Crippen MR) is 81.9 cm³/mol. The Hall–Kier alpha value is -0.940. The Morgan fingerprint density at radius 1 is 1.48 bits per heavy atom. The smallest absolute Gasteiger partial charge is 0.231 e. The second-order valence-corrected chi connectivity index (χ2v) is 6.67. The van der Waals surface area contributed by atoms with E-state index in [9.17, 15) is 0 Å². The van der Waals surface area contributed by atoms with Crippen LogP contribution in [-0.4, -0.2) is 23.3 Å². The minimum absolute atomic E-state index is 0.117. The molecule has 5 nitrogen and oxygen atoms in total. The van der Waals surface area contributed by atoms with E-state index in [1.807, 2.05) is 6.92 Å². The first-order chi connectivity index (χ1) is 10.0. The number of aromatic nitrogens is 2. The van der Waals surface area contributed by atoms with E-state index < -0.39 is 0 Å². The first-order valence-corrected chi connectivity index (χ1v) is 8.20. The first-order valence-electron chi connectivity index (χ1n) is 8.20. The molecular formula is C16H29N3O2. The monoisotopic (exact) mass is 295 g/mol. The third kappa shape index (κ3) is 3.46. The lowest BCUT2D eigenvalue weighted by Crippen LogP contribution is -2.36. The highest BCUT2D eigenvalue weighted by atomic mass is 16.5. The van der Waals surface area contributed by atoms with Crippen LogP contribution in [0, 0.1) is 11.8 Å². The minimum atomic E-state index is -0.371. The van der Waals surface area contributed by atoms with Gasteiger partial charge in [-0.1, -0.05) is 32.3 Å². The molecule has 2 rings (SSSR count). The van der Waals surface area contributed by atoms with Crippen molar-refractivity contribution in [1.29, 1.82) is 0 Å². The Kier molecular flexibility index (Phi) is 5.38. The molecule has 1 heterocycles. The Bertz CT molecular complexity index is 442. The van der Waals surface area contributed by atoms with E-state index in [1.54, 1.807) is 0 Å². The molecule has 0 aromatic carbocycles. The lowest BCUT2D eigenvalue weighted by atomic mass is 9.78. The molecule has 0 radical (unpaired) electrons. The molecule has 0 spiro atoms. The number of rotatable bonds is 6. The van der Waals surface area contributed by atoms with Crippen LogP contribution < -0.4 is 5.73 Å². The van der Waals surface area contributed by atoms with E-state index in [0.717, 1.165) is 19.3 Å². The normalized spacial score (nSPS) is 28.0. The largest absolute Gasteiger partial charge is 0.367 e. The molecule has 0 amide bonds. The summed E-state index contributed by atoms with van der Waals surface area (Å²) in [6.45, 7) is 9.74. The first kappa shape index (κ1) is 16.4. The third-order valence-corrected chi connectivity index (χ3v) is 4.60. The van der Waals surface area contributed by atoms with Gasteiger partial charge in [0.1, 0.15) is 5.60 Å². The number of nitrogens with two attached hydrogens (primary N) is 1. The summed E-state index contributed by atoms with van der Waals surface area (Å²) >= 11 is 0. The van der Waals surface area contributed by atoms with Crippen molar-refractivity contribution < 1.29 is 9.26 Å². The fourth-order valence-corrected chi connectivity index (χ4v) is 3.41. The summed E-state index contributed by atoms with van der Waals surface area (Å²) in [7, 11) is 0. The Morgan fingerprint density at radius 3 is 2.81 bits per heavy atom. The molecule has 1 aromatic heterocycles. The van der Waals surface area contributed by atoms with Gasteiger partial charge in [0.25, 0.3) is 0 Å². The van der Waals surface area contributed by atoms with Crippen molar-refractivity contribution in [1.82, 2.24) is 10.1 Å². The number of hydrogen-bond acceptors (Lipinski definition) is 5. The van der Waals surface area contributed by atoms with Crippen LogP contribution in [0.15, 0.2) is 4.52 Å². The van der Waals surface area contributed by atoms with Crippen LogP contribution in [0.25, 0.3) is 0 Å². The predicted octanol–water partition coefficient (Wildman–Crippen LogP) is 3.21. The van der Waals surface area contributed by atoms with Crippen LogP contribution in [0.4, 0.5) is 0 Å². The van der Waals surface area contributed by atoms with Crippen molar-refractivity contribution in [2.75, 3.05) is 13.2 Å². The SMILES string of the molecule is CCOC1(c2noc(C(CN)C(C)C)n2)CCCC(C)C1. The molecule has 0 saturated heterocycles. The summed E-state index contributed by atoms with van der Waals surface area (Å²) in [4.78, 5) is 4.67. The molecule has 3 atom stereocenters.